The zero-order chi connectivity index (χ0) is 15.9. The molecule has 0 saturated carbocycles. The number of benzene rings is 1. The van der Waals surface area contributed by atoms with Gasteiger partial charge in [0.2, 0.25) is 5.91 Å². The van der Waals surface area contributed by atoms with Crippen LogP contribution in [0.25, 0.3) is 0 Å². The van der Waals surface area contributed by atoms with Crippen LogP contribution in [0.5, 0.6) is 5.75 Å². The standard InChI is InChI=1S/C15H20Cl2N2O3.ClH/c16-11-4-3-6-13(14(11)17)22-9-10(20)8-19-15(21)12-5-1-2-7-18-12;/h3-4,6,10,12,18,20H,1-2,5,7-9H2,(H,19,21);1H. The average molecular weight is 384 g/mol. The molecule has 0 aromatic heterocycles. The molecule has 1 amide bonds. The fourth-order valence-corrected chi connectivity index (χ4v) is 2.60. The first-order valence-electron chi connectivity index (χ1n) is 7.34. The van der Waals surface area contributed by atoms with Gasteiger partial charge < -0.3 is 20.5 Å². The van der Waals surface area contributed by atoms with E-state index in [1.54, 1.807) is 18.2 Å². The van der Waals surface area contributed by atoms with E-state index < -0.39 is 6.10 Å². The Balaban J connectivity index is 0.00000264. The van der Waals surface area contributed by atoms with Gasteiger partial charge in [-0.2, -0.15) is 0 Å². The lowest BCUT2D eigenvalue weighted by molar-refractivity contribution is -0.124. The molecule has 130 valence electrons. The number of halogens is 3. The topological polar surface area (TPSA) is 70.6 Å². The fraction of sp³-hybridized carbons (Fsp3) is 0.533. The van der Waals surface area contributed by atoms with Crippen LogP contribution in [0, 0.1) is 0 Å². The molecule has 0 radical (unpaired) electrons. The lowest BCUT2D eigenvalue weighted by Crippen LogP contribution is -2.48. The van der Waals surface area contributed by atoms with Crippen molar-refractivity contribution in [2.75, 3.05) is 19.7 Å². The number of aliphatic hydroxyl groups is 1. The highest BCUT2D eigenvalue weighted by Gasteiger charge is 2.20. The van der Waals surface area contributed by atoms with E-state index >= 15 is 0 Å². The van der Waals surface area contributed by atoms with Crippen molar-refractivity contribution in [1.29, 1.82) is 0 Å². The van der Waals surface area contributed by atoms with E-state index in [0.29, 0.717) is 15.8 Å². The maximum atomic E-state index is 11.9. The molecule has 1 heterocycles. The number of carbonyl (C=O) groups is 1. The summed E-state index contributed by atoms with van der Waals surface area (Å²) in [6, 6.07) is 4.88. The van der Waals surface area contributed by atoms with Gasteiger partial charge in [0.1, 0.15) is 23.5 Å². The molecule has 23 heavy (non-hydrogen) atoms. The summed E-state index contributed by atoms with van der Waals surface area (Å²) < 4.78 is 5.42. The maximum Gasteiger partial charge on any atom is 0.237 e. The van der Waals surface area contributed by atoms with E-state index in [2.05, 4.69) is 10.6 Å². The summed E-state index contributed by atoms with van der Waals surface area (Å²) in [4.78, 5) is 11.9. The van der Waals surface area contributed by atoms with Crippen LogP contribution in [-0.4, -0.2) is 42.9 Å². The zero-order valence-corrected chi connectivity index (χ0v) is 14.9. The van der Waals surface area contributed by atoms with Crippen LogP contribution in [-0.2, 0) is 4.79 Å². The van der Waals surface area contributed by atoms with E-state index in [4.69, 9.17) is 27.9 Å². The van der Waals surface area contributed by atoms with Crippen LogP contribution >= 0.6 is 35.6 Å². The normalized spacial score (nSPS) is 18.7. The highest BCUT2D eigenvalue weighted by Crippen LogP contribution is 2.31. The fourth-order valence-electron chi connectivity index (χ4n) is 2.26. The molecule has 1 aliphatic heterocycles. The minimum absolute atomic E-state index is 0. The van der Waals surface area contributed by atoms with E-state index in [1.165, 1.54) is 0 Å². The molecule has 0 aliphatic carbocycles. The third kappa shape index (κ3) is 6.36. The van der Waals surface area contributed by atoms with Crippen molar-refractivity contribution in [1.82, 2.24) is 10.6 Å². The minimum atomic E-state index is -0.817. The number of ether oxygens (including phenoxy) is 1. The molecule has 3 N–H and O–H groups in total. The largest absolute Gasteiger partial charge is 0.489 e. The number of rotatable bonds is 6. The summed E-state index contributed by atoms with van der Waals surface area (Å²) >= 11 is 11.9. The van der Waals surface area contributed by atoms with Crippen LogP contribution in [0.2, 0.25) is 10.0 Å². The summed E-state index contributed by atoms with van der Waals surface area (Å²) in [5.74, 6) is 0.327. The first-order valence-corrected chi connectivity index (χ1v) is 8.09. The number of hydrogen-bond donors (Lipinski definition) is 3. The number of nitrogens with one attached hydrogen (secondary N) is 2. The Morgan fingerprint density at radius 1 is 1.43 bits per heavy atom. The monoisotopic (exact) mass is 382 g/mol. The number of amides is 1. The molecule has 1 aliphatic rings. The van der Waals surface area contributed by atoms with Crippen LogP contribution < -0.4 is 15.4 Å². The Labute approximate surface area is 152 Å². The molecule has 2 atom stereocenters. The molecule has 0 bridgehead atoms. The molecule has 1 fully saturated rings. The first kappa shape index (κ1) is 20.3. The first-order chi connectivity index (χ1) is 10.6. The molecule has 1 aromatic carbocycles. The Morgan fingerprint density at radius 3 is 2.91 bits per heavy atom. The van der Waals surface area contributed by atoms with Gasteiger partial charge in [-0.3, -0.25) is 4.79 Å². The summed E-state index contributed by atoms with van der Waals surface area (Å²) in [7, 11) is 0. The molecule has 0 spiro atoms. The summed E-state index contributed by atoms with van der Waals surface area (Å²) in [6.07, 6.45) is 2.16. The SMILES string of the molecule is Cl.O=C(NCC(O)COc1cccc(Cl)c1Cl)C1CCCCN1. The van der Waals surface area contributed by atoms with Crippen molar-refractivity contribution in [2.45, 2.75) is 31.4 Å². The van der Waals surface area contributed by atoms with Crippen LogP contribution in [0.15, 0.2) is 18.2 Å². The molecular weight excluding hydrogens is 363 g/mol. The average Bonchev–Trinajstić information content (AvgIpc) is 2.54. The molecule has 5 nitrogen and oxygen atoms in total. The van der Waals surface area contributed by atoms with Crippen LogP contribution in [0.4, 0.5) is 0 Å². The van der Waals surface area contributed by atoms with E-state index in [0.717, 1.165) is 25.8 Å². The number of hydrogen-bond acceptors (Lipinski definition) is 4. The third-order valence-electron chi connectivity index (χ3n) is 3.49. The van der Waals surface area contributed by atoms with Gasteiger partial charge in [0.05, 0.1) is 11.1 Å². The molecule has 2 unspecified atom stereocenters. The van der Waals surface area contributed by atoms with Gasteiger partial charge in [-0.1, -0.05) is 35.7 Å². The quantitative estimate of drug-likeness (QED) is 0.705. The summed E-state index contributed by atoms with van der Waals surface area (Å²) in [5.41, 5.74) is 0. The third-order valence-corrected chi connectivity index (χ3v) is 4.29. The second kappa shape index (κ2) is 10.2. The van der Waals surface area contributed by atoms with E-state index in [1.807, 2.05) is 0 Å². The van der Waals surface area contributed by atoms with Crippen LogP contribution in [0.1, 0.15) is 19.3 Å². The summed E-state index contributed by atoms with van der Waals surface area (Å²) in [5, 5.41) is 16.5. The van der Waals surface area contributed by atoms with Crippen molar-refractivity contribution >= 4 is 41.5 Å². The zero-order valence-electron chi connectivity index (χ0n) is 12.6. The van der Waals surface area contributed by atoms with Gasteiger partial charge in [0.15, 0.2) is 0 Å². The number of aliphatic hydroxyl groups excluding tert-OH is 1. The van der Waals surface area contributed by atoms with Gasteiger partial charge >= 0.3 is 0 Å². The second-order valence-corrected chi connectivity index (χ2v) is 6.05. The van der Waals surface area contributed by atoms with Crippen molar-refractivity contribution in [3.05, 3.63) is 28.2 Å². The Kier molecular flexibility index (Phi) is 9.02. The molecule has 2 rings (SSSR count). The van der Waals surface area contributed by atoms with E-state index in [9.17, 15) is 9.90 Å². The predicted octanol–water partition coefficient (Wildman–Crippen LogP) is 2.41. The predicted molar refractivity (Wildman–Crippen MR) is 93.9 cm³/mol. The lowest BCUT2D eigenvalue weighted by Gasteiger charge is -2.23. The van der Waals surface area contributed by atoms with Gasteiger partial charge in [-0.05, 0) is 31.5 Å². The molecular formula is C15H21Cl3N2O3. The van der Waals surface area contributed by atoms with Crippen molar-refractivity contribution in [3.63, 3.8) is 0 Å². The maximum absolute atomic E-state index is 11.9. The van der Waals surface area contributed by atoms with Gasteiger partial charge in [-0.15, -0.1) is 12.4 Å². The molecule has 1 aromatic rings. The Morgan fingerprint density at radius 2 is 2.22 bits per heavy atom. The Hall–Kier alpha value is -0.720. The van der Waals surface area contributed by atoms with Gasteiger partial charge in [0, 0.05) is 6.54 Å². The summed E-state index contributed by atoms with van der Waals surface area (Å²) in [6.45, 7) is 1.02. The minimum Gasteiger partial charge on any atom is -0.489 e. The van der Waals surface area contributed by atoms with Crippen molar-refractivity contribution in [3.8, 4) is 5.75 Å². The lowest BCUT2D eigenvalue weighted by atomic mass is 10.0. The highest BCUT2D eigenvalue weighted by molar-refractivity contribution is 6.42. The molecule has 1 saturated heterocycles. The van der Waals surface area contributed by atoms with Crippen molar-refractivity contribution < 1.29 is 14.6 Å². The van der Waals surface area contributed by atoms with Crippen LogP contribution in [0.3, 0.4) is 0 Å². The van der Waals surface area contributed by atoms with E-state index in [-0.39, 0.29) is 37.5 Å². The van der Waals surface area contributed by atoms with Crippen molar-refractivity contribution in [2.24, 2.45) is 0 Å². The van der Waals surface area contributed by atoms with Gasteiger partial charge in [-0.25, -0.2) is 0 Å². The highest BCUT2D eigenvalue weighted by atomic mass is 35.5. The number of piperidine rings is 1. The molecule has 8 heteroatoms. The smallest absolute Gasteiger partial charge is 0.237 e. The second-order valence-electron chi connectivity index (χ2n) is 5.26. The Bertz CT molecular complexity index is 511. The number of carbonyl (C=O) groups excluding carboxylic acids is 1. The van der Waals surface area contributed by atoms with Gasteiger partial charge in [0.25, 0.3) is 0 Å².